The summed E-state index contributed by atoms with van der Waals surface area (Å²) in [5.74, 6) is -0.669. The van der Waals surface area contributed by atoms with E-state index in [2.05, 4.69) is 4.74 Å². The van der Waals surface area contributed by atoms with Crippen molar-refractivity contribution in [2.75, 3.05) is 40.5 Å². The first-order valence-electron chi connectivity index (χ1n) is 8.96. The second-order valence-corrected chi connectivity index (χ2v) is 6.55. The number of carbonyl (C=O) groups excluding carboxylic acids is 2. The minimum absolute atomic E-state index is 0.0338. The number of benzene rings is 2. The molecule has 148 valence electrons. The van der Waals surface area contributed by atoms with Gasteiger partial charge in [0.1, 0.15) is 5.75 Å². The van der Waals surface area contributed by atoms with Gasteiger partial charge in [-0.3, -0.25) is 4.79 Å². The summed E-state index contributed by atoms with van der Waals surface area (Å²) >= 11 is 0. The number of esters is 1. The van der Waals surface area contributed by atoms with Crippen LogP contribution in [0.4, 0.5) is 0 Å². The third-order valence-electron chi connectivity index (χ3n) is 4.57. The number of carbonyl (C=O) groups is 2. The lowest BCUT2D eigenvalue weighted by molar-refractivity contribution is -0.0933. The number of rotatable bonds is 5. The van der Waals surface area contributed by atoms with E-state index in [0.29, 0.717) is 37.5 Å². The predicted molar refractivity (Wildman–Crippen MR) is 102 cm³/mol. The number of phenolic OH excluding ortho intramolecular Hbond substituents is 1. The number of ether oxygens (including phenoxy) is 3. The molecule has 2 aromatic rings. The van der Waals surface area contributed by atoms with Crippen molar-refractivity contribution in [3.63, 3.8) is 0 Å². The molecule has 1 aliphatic heterocycles. The lowest BCUT2D eigenvalue weighted by atomic mass is 10.0. The van der Waals surface area contributed by atoms with E-state index in [1.807, 2.05) is 0 Å². The molecule has 0 saturated carbocycles. The van der Waals surface area contributed by atoms with Crippen LogP contribution >= 0.6 is 0 Å². The van der Waals surface area contributed by atoms with Crippen LogP contribution in [0.3, 0.4) is 0 Å². The Labute approximate surface area is 163 Å². The van der Waals surface area contributed by atoms with E-state index in [9.17, 15) is 14.7 Å². The lowest BCUT2D eigenvalue weighted by Gasteiger charge is -2.27. The highest BCUT2D eigenvalue weighted by Gasteiger charge is 2.20. The summed E-state index contributed by atoms with van der Waals surface area (Å²) in [5.41, 5.74) is 2.10. The fraction of sp³-hybridized carbons (Fsp3) is 0.333. The van der Waals surface area contributed by atoms with Crippen LogP contribution in [0.1, 0.15) is 20.7 Å². The second kappa shape index (κ2) is 8.86. The first-order valence-corrected chi connectivity index (χ1v) is 8.96. The van der Waals surface area contributed by atoms with Crippen LogP contribution in [0, 0.1) is 0 Å². The number of nitrogens with zero attached hydrogens (tertiary/aromatic N) is 1. The standard InChI is InChI=1S/C21H23NO6/c1-22(12-17-13-27-9-10-28-17)20(24)15-5-3-14(4-6-15)18-8-7-16(11-19(18)23)21(25)26-2/h3-8,11,17,23H,9-10,12-13H2,1-2H3/t17-/m0/s1. The molecule has 0 aromatic heterocycles. The second-order valence-electron chi connectivity index (χ2n) is 6.55. The third-order valence-corrected chi connectivity index (χ3v) is 4.57. The predicted octanol–water partition coefficient (Wildman–Crippen LogP) is 2.33. The number of phenols is 1. The molecule has 7 heteroatoms. The molecule has 1 N–H and O–H groups in total. The van der Waals surface area contributed by atoms with Crippen molar-refractivity contribution in [3.05, 3.63) is 53.6 Å². The van der Waals surface area contributed by atoms with Crippen LogP contribution in [-0.2, 0) is 14.2 Å². The van der Waals surface area contributed by atoms with Gasteiger partial charge in [0.15, 0.2) is 0 Å². The Balaban J connectivity index is 1.70. The fourth-order valence-corrected chi connectivity index (χ4v) is 3.06. The Kier molecular flexibility index (Phi) is 6.28. The van der Waals surface area contributed by atoms with E-state index in [0.717, 1.165) is 5.56 Å². The van der Waals surface area contributed by atoms with Crippen molar-refractivity contribution in [2.24, 2.45) is 0 Å². The molecule has 1 fully saturated rings. The smallest absolute Gasteiger partial charge is 0.337 e. The summed E-state index contributed by atoms with van der Waals surface area (Å²) in [4.78, 5) is 25.8. The Morgan fingerprint density at radius 3 is 2.46 bits per heavy atom. The van der Waals surface area contributed by atoms with Crippen molar-refractivity contribution >= 4 is 11.9 Å². The molecule has 0 aliphatic carbocycles. The van der Waals surface area contributed by atoms with E-state index in [1.165, 1.54) is 13.2 Å². The van der Waals surface area contributed by atoms with Gasteiger partial charge in [-0.25, -0.2) is 4.79 Å². The monoisotopic (exact) mass is 385 g/mol. The van der Waals surface area contributed by atoms with E-state index in [1.54, 1.807) is 48.3 Å². The van der Waals surface area contributed by atoms with Gasteiger partial charge < -0.3 is 24.2 Å². The van der Waals surface area contributed by atoms with Crippen LogP contribution in [0.5, 0.6) is 5.75 Å². The number of aromatic hydroxyl groups is 1. The molecule has 3 rings (SSSR count). The van der Waals surface area contributed by atoms with Crippen LogP contribution in [-0.4, -0.2) is 68.5 Å². The highest BCUT2D eigenvalue weighted by Crippen LogP contribution is 2.30. The van der Waals surface area contributed by atoms with Gasteiger partial charge >= 0.3 is 5.97 Å². The summed E-state index contributed by atoms with van der Waals surface area (Å²) in [6.07, 6.45) is -0.118. The Morgan fingerprint density at radius 2 is 1.86 bits per heavy atom. The Morgan fingerprint density at radius 1 is 1.14 bits per heavy atom. The molecule has 1 atom stereocenters. The molecular formula is C21H23NO6. The first kappa shape index (κ1) is 19.9. The van der Waals surface area contributed by atoms with Crippen molar-refractivity contribution in [1.29, 1.82) is 0 Å². The summed E-state index contributed by atoms with van der Waals surface area (Å²) in [6, 6.07) is 11.5. The van der Waals surface area contributed by atoms with Crippen LogP contribution in [0.2, 0.25) is 0 Å². The number of methoxy groups -OCH3 is 1. The number of hydrogen-bond donors (Lipinski definition) is 1. The number of likely N-dealkylation sites (N-methyl/N-ethyl adjacent to an activating group) is 1. The molecule has 0 radical (unpaired) electrons. The van der Waals surface area contributed by atoms with Gasteiger partial charge in [-0.2, -0.15) is 0 Å². The maximum atomic E-state index is 12.6. The van der Waals surface area contributed by atoms with Crippen molar-refractivity contribution in [3.8, 4) is 16.9 Å². The van der Waals surface area contributed by atoms with E-state index in [-0.39, 0.29) is 23.3 Å². The highest BCUT2D eigenvalue weighted by molar-refractivity contribution is 5.95. The van der Waals surface area contributed by atoms with E-state index in [4.69, 9.17) is 9.47 Å². The van der Waals surface area contributed by atoms with Gasteiger partial charge in [-0.05, 0) is 35.9 Å². The summed E-state index contributed by atoms with van der Waals surface area (Å²) in [6.45, 7) is 2.07. The zero-order chi connectivity index (χ0) is 20.1. The topological polar surface area (TPSA) is 85.3 Å². The van der Waals surface area contributed by atoms with Gasteiger partial charge in [-0.15, -0.1) is 0 Å². The minimum Gasteiger partial charge on any atom is -0.507 e. The summed E-state index contributed by atoms with van der Waals surface area (Å²) in [7, 11) is 3.01. The molecule has 0 bridgehead atoms. The summed E-state index contributed by atoms with van der Waals surface area (Å²) < 4.78 is 15.6. The first-order chi connectivity index (χ1) is 13.5. The third kappa shape index (κ3) is 4.49. The normalized spacial score (nSPS) is 16.4. The molecule has 2 aromatic carbocycles. The average Bonchev–Trinajstić information content (AvgIpc) is 2.73. The maximum Gasteiger partial charge on any atom is 0.337 e. The molecule has 1 heterocycles. The SMILES string of the molecule is COC(=O)c1ccc(-c2ccc(C(=O)N(C)C[C@H]3COCCO3)cc2)c(O)c1. The molecule has 0 unspecified atom stereocenters. The summed E-state index contributed by atoms with van der Waals surface area (Å²) in [5, 5.41) is 10.2. The zero-order valence-corrected chi connectivity index (χ0v) is 15.9. The van der Waals surface area contributed by atoms with Gasteiger partial charge in [0, 0.05) is 24.7 Å². The average molecular weight is 385 g/mol. The van der Waals surface area contributed by atoms with Crippen LogP contribution in [0.25, 0.3) is 11.1 Å². The molecule has 1 amide bonds. The number of amides is 1. The van der Waals surface area contributed by atoms with Crippen LogP contribution in [0.15, 0.2) is 42.5 Å². The van der Waals surface area contributed by atoms with E-state index >= 15 is 0 Å². The van der Waals surface area contributed by atoms with Crippen molar-refractivity contribution in [1.82, 2.24) is 4.90 Å². The largest absolute Gasteiger partial charge is 0.507 e. The molecule has 1 aliphatic rings. The van der Waals surface area contributed by atoms with Crippen molar-refractivity contribution < 1.29 is 28.9 Å². The lowest BCUT2D eigenvalue weighted by Crippen LogP contribution is -2.40. The van der Waals surface area contributed by atoms with Crippen LogP contribution < -0.4 is 0 Å². The highest BCUT2D eigenvalue weighted by atomic mass is 16.6. The number of hydrogen-bond acceptors (Lipinski definition) is 6. The Hall–Kier alpha value is -2.90. The molecule has 7 nitrogen and oxygen atoms in total. The minimum atomic E-state index is -0.516. The zero-order valence-electron chi connectivity index (χ0n) is 15.9. The van der Waals surface area contributed by atoms with Gasteiger partial charge in [0.2, 0.25) is 0 Å². The fourth-order valence-electron chi connectivity index (χ4n) is 3.06. The molecule has 0 spiro atoms. The maximum absolute atomic E-state index is 12.6. The molecule has 1 saturated heterocycles. The van der Waals surface area contributed by atoms with E-state index < -0.39 is 5.97 Å². The van der Waals surface area contributed by atoms with Gasteiger partial charge in [0.05, 0.1) is 38.6 Å². The molecule has 28 heavy (non-hydrogen) atoms. The molecular weight excluding hydrogens is 362 g/mol. The van der Waals surface area contributed by atoms with Gasteiger partial charge in [-0.1, -0.05) is 12.1 Å². The quantitative estimate of drug-likeness (QED) is 0.795. The van der Waals surface area contributed by atoms with Crippen molar-refractivity contribution in [2.45, 2.75) is 6.10 Å². The van der Waals surface area contributed by atoms with Gasteiger partial charge in [0.25, 0.3) is 5.91 Å². The Bertz CT molecular complexity index is 842.